The Morgan fingerprint density at radius 1 is 1.03 bits per heavy atom. The minimum Gasteiger partial charge on any atom is -0.445 e. The highest BCUT2D eigenvalue weighted by molar-refractivity contribution is 7.90. The minimum atomic E-state index is -4.00. The van der Waals surface area contributed by atoms with Gasteiger partial charge in [-0.05, 0) is 69.2 Å². The second-order valence-corrected chi connectivity index (χ2v) is 10.7. The fourth-order valence-electron chi connectivity index (χ4n) is 4.16. The number of fused-ring (bicyclic) bond motifs is 1. The van der Waals surface area contributed by atoms with Gasteiger partial charge in [0.25, 0.3) is 10.0 Å². The predicted molar refractivity (Wildman–Crippen MR) is 139 cm³/mol. The van der Waals surface area contributed by atoms with Crippen molar-refractivity contribution in [2.75, 3.05) is 0 Å². The Bertz CT molecular complexity index is 1510. The summed E-state index contributed by atoms with van der Waals surface area (Å²) in [5, 5.41) is 0. The number of carbonyl (C=O) groups is 1. The molecule has 0 fully saturated rings. The van der Waals surface area contributed by atoms with Gasteiger partial charge < -0.3 is 4.74 Å². The van der Waals surface area contributed by atoms with Crippen LogP contribution in [0.15, 0.2) is 59.5 Å². The number of imidazole rings is 1. The molecule has 4 aromatic rings. The van der Waals surface area contributed by atoms with Gasteiger partial charge >= 0.3 is 6.09 Å². The predicted octanol–water partition coefficient (Wildman–Crippen LogP) is 4.95. The van der Waals surface area contributed by atoms with Gasteiger partial charge in [-0.1, -0.05) is 36.8 Å². The number of aryl methyl sites for hydroxylation is 4. The normalized spacial score (nSPS) is 12.5. The van der Waals surface area contributed by atoms with Crippen LogP contribution in [0.25, 0.3) is 16.9 Å². The van der Waals surface area contributed by atoms with Crippen LogP contribution < -0.4 is 4.72 Å². The lowest BCUT2D eigenvalue weighted by Gasteiger charge is -2.15. The van der Waals surface area contributed by atoms with Gasteiger partial charge in [0.1, 0.15) is 17.4 Å². The van der Waals surface area contributed by atoms with Crippen LogP contribution in [0.1, 0.15) is 42.1 Å². The van der Waals surface area contributed by atoms with E-state index < -0.39 is 22.2 Å². The van der Waals surface area contributed by atoms with Crippen LogP contribution in [0.3, 0.4) is 0 Å². The second kappa shape index (κ2) is 10.1. The van der Waals surface area contributed by atoms with E-state index in [0.717, 1.165) is 51.5 Å². The zero-order chi connectivity index (χ0) is 26.0. The van der Waals surface area contributed by atoms with Gasteiger partial charge in [-0.15, -0.1) is 0 Å². The maximum Gasteiger partial charge on any atom is 0.421 e. The van der Waals surface area contributed by atoms with Gasteiger partial charge in [-0.3, -0.25) is 4.57 Å². The van der Waals surface area contributed by atoms with Crippen LogP contribution in [-0.2, 0) is 27.6 Å². The van der Waals surface area contributed by atoms with Crippen molar-refractivity contribution in [3.63, 3.8) is 0 Å². The molecule has 1 atom stereocenters. The number of hydrogen-bond donors (Lipinski definition) is 1. The molecule has 9 heteroatoms. The number of carbonyl (C=O) groups excluding carboxylic acids is 1. The van der Waals surface area contributed by atoms with Crippen molar-refractivity contribution in [3.8, 4) is 5.69 Å². The SMILES string of the molecule is CCc1nc2c(C)cc(C)nc2n1-c1ccc(CC(C)OC(=O)NS(=O)(=O)c2ccc(C)cc2)cc1. The van der Waals surface area contributed by atoms with Crippen molar-refractivity contribution in [1.29, 1.82) is 0 Å². The van der Waals surface area contributed by atoms with Crippen LogP contribution in [0.2, 0.25) is 0 Å². The fourth-order valence-corrected chi connectivity index (χ4v) is 5.04. The van der Waals surface area contributed by atoms with Gasteiger partial charge in [-0.25, -0.2) is 27.9 Å². The summed E-state index contributed by atoms with van der Waals surface area (Å²) in [5.41, 5.74) is 6.58. The average Bonchev–Trinajstić information content (AvgIpc) is 3.18. The van der Waals surface area contributed by atoms with Gasteiger partial charge in [-0.2, -0.15) is 0 Å². The summed E-state index contributed by atoms with van der Waals surface area (Å²) in [6.07, 6.45) is -0.340. The van der Waals surface area contributed by atoms with E-state index in [9.17, 15) is 13.2 Å². The number of ether oxygens (including phenoxy) is 1. The van der Waals surface area contributed by atoms with Gasteiger partial charge in [0.15, 0.2) is 5.65 Å². The first-order valence-electron chi connectivity index (χ1n) is 11.8. The first-order valence-corrected chi connectivity index (χ1v) is 13.3. The molecule has 2 aromatic carbocycles. The molecule has 2 aromatic heterocycles. The van der Waals surface area contributed by atoms with E-state index in [1.54, 1.807) is 19.1 Å². The van der Waals surface area contributed by atoms with Gasteiger partial charge in [0.2, 0.25) is 0 Å². The summed E-state index contributed by atoms with van der Waals surface area (Å²) < 4.78 is 34.2. The Kier molecular flexibility index (Phi) is 7.12. The lowest BCUT2D eigenvalue weighted by molar-refractivity contribution is 0.112. The molecular weight excluding hydrogens is 476 g/mol. The summed E-state index contributed by atoms with van der Waals surface area (Å²) in [7, 11) is -4.00. The minimum absolute atomic E-state index is 0.00615. The highest BCUT2D eigenvalue weighted by atomic mass is 32.2. The van der Waals surface area contributed by atoms with Crippen molar-refractivity contribution in [1.82, 2.24) is 19.3 Å². The van der Waals surface area contributed by atoms with Crippen molar-refractivity contribution >= 4 is 27.3 Å². The summed E-state index contributed by atoms with van der Waals surface area (Å²) in [6, 6.07) is 16.2. The third kappa shape index (κ3) is 5.41. The van der Waals surface area contributed by atoms with E-state index in [1.807, 2.05) is 55.8 Å². The molecule has 0 radical (unpaired) electrons. The molecular formula is C27H30N4O4S. The molecule has 0 saturated heterocycles. The molecule has 0 aliphatic heterocycles. The fraction of sp³-hybridized carbons (Fsp3) is 0.296. The molecule has 4 rings (SSSR count). The van der Waals surface area contributed by atoms with E-state index in [0.29, 0.717) is 6.42 Å². The topological polar surface area (TPSA) is 103 Å². The van der Waals surface area contributed by atoms with Crippen LogP contribution >= 0.6 is 0 Å². The van der Waals surface area contributed by atoms with Crippen LogP contribution in [0.5, 0.6) is 0 Å². The van der Waals surface area contributed by atoms with E-state index in [4.69, 9.17) is 14.7 Å². The smallest absolute Gasteiger partial charge is 0.421 e. The first-order chi connectivity index (χ1) is 17.1. The zero-order valence-electron chi connectivity index (χ0n) is 21.1. The van der Waals surface area contributed by atoms with Crippen LogP contribution in [0, 0.1) is 20.8 Å². The molecule has 0 aliphatic rings. The lowest BCUT2D eigenvalue weighted by atomic mass is 10.1. The molecule has 0 bridgehead atoms. The number of sulfonamides is 1. The Morgan fingerprint density at radius 2 is 1.69 bits per heavy atom. The monoisotopic (exact) mass is 506 g/mol. The molecule has 1 unspecified atom stereocenters. The number of aromatic nitrogens is 3. The number of nitrogens with zero attached hydrogens (tertiary/aromatic N) is 3. The summed E-state index contributed by atoms with van der Waals surface area (Å²) in [6.45, 7) is 9.66. The highest BCUT2D eigenvalue weighted by Gasteiger charge is 2.20. The number of rotatable bonds is 7. The molecule has 0 saturated carbocycles. The van der Waals surface area contributed by atoms with E-state index in [2.05, 4.69) is 11.5 Å². The molecule has 1 N–H and O–H groups in total. The maximum atomic E-state index is 12.4. The standard InChI is InChI=1S/C27H30N4O4S/c1-6-24-29-25-18(3)15-19(4)28-26(25)31(24)22-11-9-21(10-12-22)16-20(5)35-27(32)30-36(33,34)23-13-7-17(2)8-14-23/h7-15,20H,6,16H2,1-5H3,(H,30,32). The maximum absolute atomic E-state index is 12.4. The molecule has 1 amide bonds. The molecule has 36 heavy (non-hydrogen) atoms. The van der Waals surface area contributed by atoms with Crippen LogP contribution in [-0.4, -0.2) is 35.2 Å². The number of benzene rings is 2. The van der Waals surface area contributed by atoms with E-state index in [-0.39, 0.29) is 4.90 Å². The Labute approximate surface area is 211 Å². The Hall–Kier alpha value is -3.72. The summed E-state index contributed by atoms with van der Waals surface area (Å²) in [4.78, 5) is 21.8. The quantitative estimate of drug-likeness (QED) is 0.380. The van der Waals surface area contributed by atoms with Crippen molar-refractivity contribution < 1.29 is 17.9 Å². The number of nitrogens with one attached hydrogen (secondary N) is 1. The second-order valence-electron chi connectivity index (χ2n) is 8.97. The third-order valence-corrected chi connectivity index (χ3v) is 7.22. The largest absolute Gasteiger partial charge is 0.445 e. The van der Waals surface area contributed by atoms with Crippen molar-refractivity contribution in [3.05, 3.63) is 82.8 Å². The summed E-state index contributed by atoms with van der Waals surface area (Å²) in [5.74, 6) is 0.933. The summed E-state index contributed by atoms with van der Waals surface area (Å²) >= 11 is 0. The number of amides is 1. The van der Waals surface area contributed by atoms with Gasteiger partial charge in [0, 0.05) is 24.2 Å². The van der Waals surface area contributed by atoms with Crippen LogP contribution in [0.4, 0.5) is 4.79 Å². The molecule has 2 heterocycles. The highest BCUT2D eigenvalue weighted by Crippen LogP contribution is 2.24. The zero-order valence-corrected chi connectivity index (χ0v) is 21.9. The lowest BCUT2D eigenvalue weighted by Crippen LogP contribution is -2.33. The van der Waals surface area contributed by atoms with Gasteiger partial charge in [0.05, 0.1) is 4.90 Å². The molecule has 8 nitrogen and oxygen atoms in total. The third-order valence-electron chi connectivity index (χ3n) is 5.89. The number of hydrogen-bond acceptors (Lipinski definition) is 6. The van der Waals surface area contributed by atoms with E-state index >= 15 is 0 Å². The Balaban J connectivity index is 1.45. The number of pyridine rings is 1. The van der Waals surface area contributed by atoms with Crippen molar-refractivity contribution in [2.24, 2.45) is 0 Å². The molecule has 0 spiro atoms. The average molecular weight is 507 g/mol. The Morgan fingerprint density at radius 3 is 2.33 bits per heavy atom. The first kappa shape index (κ1) is 25.4. The molecule has 0 aliphatic carbocycles. The molecule has 188 valence electrons. The van der Waals surface area contributed by atoms with Crippen molar-refractivity contribution in [2.45, 2.75) is 58.5 Å². The van der Waals surface area contributed by atoms with E-state index in [1.165, 1.54) is 12.1 Å².